The van der Waals surface area contributed by atoms with E-state index in [-0.39, 0.29) is 0 Å². The van der Waals surface area contributed by atoms with Gasteiger partial charge in [-0.25, -0.2) is 8.42 Å². The van der Waals surface area contributed by atoms with Crippen LogP contribution < -0.4 is 0 Å². The maximum absolute atomic E-state index is 11.8. The molecule has 0 aliphatic carbocycles. The van der Waals surface area contributed by atoms with Crippen LogP contribution in [0.5, 0.6) is 0 Å². The van der Waals surface area contributed by atoms with Gasteiger partial charge in [0.25, 0.3) is 0 Å². The largest absolute Gasteiger partial charge is 0.222 e. The Labute approximate surface area is 119 Å². The Morgan fingerprint density at radius 2 is 1.93 bits per heavy atom. The fourth-order valence-electron chi connectivity index (χ4n) is 1.03. The number of halogens is 3. The summed E-state index contributed by atoms with van der Waals surface area (Å²) >= 11 is 7.10. The second-order valence-electron chi connectivity index (χ2n) is 2.72. The summed E-state index contributed by atoms with van der Waals surface area (Å²) < 4.78 is 24.1. The van der Waals surface area contributed by atoms with Gasteiger partial charge in [0.1, 0.15) is 0 Å². The highest BCUT2D eigenvalue weighted by molar-refractivity contribution is 14.2. The highest BCUT2D eigenvalue weighted by Gasteiger charge is 2.23. The molecule has 0 aliphatic rings. The number of aryl methyl sites for hydroxylation is 1. The van der Waals surface area contributed by atoms with Crippen LogP contribution in [-0.4, -0.2) is 9.68 Å². The van der Waals surface area contributed by atoms with E-state index in [0.717, 1.165) is 10.0 Å². The second kappa shape index (κ2) is 4.96. The fraction of sp³-hybridized carbons (Fsp3) is 0.250. The van der Waals surface area contributed by atoms with E-state index in [1.165, 1.54) is 0 Å². The van der Waals surface area contributed by atoms with Crippen molar-refractivity contribution in [3.05, 3.63) is 28.2 Å². The minimum absolute atomic E-state index is 0.412. The highest BCUT2D eigenvalue weighted by atomic mass is 127. The number of sulfone groups is 1. The van der Waals surface area contributed by atoms with Crippen molar-refractivity contribution >= 4 is 70.9 Å². The van der Waals surface area contributed by atoms with Gasteiger partial charge in [-0.3, -0.25) is 0 Å². The molecule has 0 heterocycles. The molecule has 0 saturated heterocycles. The van der Waals surface area contributed by atoms with Gasteiger partial charge in [0.15, 0.2) is 11.1 Å². The van der Waals surface area contributed by atoms with Crippen LogP contribution in [0.2, 0.25) is 0 Å². The van der Waals surface area contributed by atoms with Crippen LogP contribution in [0.3, 0.4) is 0 Å². The summed E-state index contributed by atoms with van der Waals surface area (Å²) in [7, 11) is -3.17. The molecule has 1 rings (SSSR count). The molecular formula is C8H7BrI2O2S. The fourth-order valence-corrected chi connectivity index (χ4v) is 4.10. The third-order valence-electron chi connectivity index (χ3n) is 1.68. The molecule has 0 atom stereocenters. The van der Waals surface area contributed by atoms with Gasteiger partial charge in [0, 0.05) is 4.47 Å². The maximum Gasteiger partial charge on any atom is 0.199 e. The molecule has 0 amide bonds. The normalized spacial score (nSPS) is 12.1. The Hall–Kier alpha value is 1.11. The van der Waals surface area contributed by atoms with E-state index in [2.05, 4.69) is 15.9 Å². The summed E-state index contributed by atoms with van der Waals surface area (Å²) in [5.74, 6) is 0. The first-order valence-corrected chi connectivity index (χ1v) is 8.47. The molecule has 0 N–H and O–H groups in total. The van der Waals surface area contributed by atoms with Gasteiger partial charge in [0.05, 0.1) is 4.90 Å². The number of rotatable bonds is 2. The Bertz CT molecular complexity index is 443. The van der Waals surface area contributed by atoms with Gasteiger partial charge in [0.2, 0.25) is 0 Å². The van der Waals surface area contributed by atoms with Gasteiger partial charge in [-0.15, -0.1) is 0 Å². The van der Waals surface area contributed by atoms with E-state index in [4.69, 9.17) is 0 Å². The molecule has 6 heteroatoms. The van der Waals surface area contributed by atoms with E-state index in [1.807, 2.05) is 51.2 Å². The number of hydrogen-bond acceptors (Lipinski definition) is 2. The third kappa shape index (κ3) is 2.82. The molecule has 1 aromatic rings. The van der Waals surface area contributed by atoms with Crippen molar-refractivity contribution in [2.45, 2.75) is 13.1 Å². The number of alkyl halides is 2. The van der Waals surface area contributed by atoms with Crippen molar-refractivity contribution in [3.8, 4) is 0 Å². The lowest BCUT2D eigenvalue weighted by Crippen LogP contribution is -2.09. The van der Waals surface area contributed by atoms with Crippen LogP contribution in [0.1, 0.15) is 5.56 Å². The molecule has 14 heavy (non-hydrogen) atoms. The summed E-state index contributed by atoms with van der Waals surface area (Å²) in [5, 5.41) is 0. The van der Waals surface area contributed by atoms with Gasteiger partial charge in [-0.2, -0.15) is 0 Å². The molecule has 0 radical (unpaired) electrons. The minimum Gasteiger partial charge on any atom is -0.222 e. The van der Waals surface area contributed by atoms with Gasteiger partial charge in [-0.1, -0.05) is 61.1 Å². The summed E-state index contributed by atoms with van der Waals surface area (Å²) in [6.45, 7) is 1.80. The topological polar surface area (TPSA) is 34.1 Å². The van der Waals surface area contributed by atoms with E-state index < -0.39 is 11.1 Å². The molecular weight excluding hydrogens is 494 g/mol. The van der Waals surface area contributed by atoms with Crippen LogP contribution in [0.15, 0.2) is 27.6 Å². The Balaban J connectivity index is 3.35. The van der Waals surface area contributed by atoms with Gasteiger partial charge >= 0.3 is 0 Å². The average Bonchev–Trinajstić information content (AvgIpc) is 2.02. The Morgan fingerprint density at radius 1 is 1.36 bits per heavy atom. The predicted octanol–water partition coefficient (Wildman–Crippen LogP) is 3.68. The molecule has 0 aliphatic heterocycles. The summed E-state index contributed by atoms with van der Waals surface area (Å²) in [6, 6.07) is 5.19. The first kappa shape index (κ1) is 13.2. The van der Waals surface area contributed by atoms with Crippen LogP contribution in [0.25, 0.3) is 0 Å². The quantitative estimate of drug-likeness (QED) is 0.458. The van der Waals surface area contributed by atoms with Crippen molar-refractivity contribution in [3.63, 3.8) is 0 Å². The first-order chi connectivity index (χ1) is 6.35. The Morgan fingerprint density at radius 3 is 2.36 bits per heavy atom. The number of hydrogen-bond donors (Lipinski definition) is 0. The third-order valence-corrected chi connectivity index (χ3v) is 7.73. The lowest BCUT2D eigenvalue weighted by molar-refractivity contribution is 0.600. The van der Waals surface area contributed by atoms with Crippen LogP contribution in [0.4, 0.5) is 0 Å². The number of benzene rings is 1. The van der Waals surface area contributed by atoms with Crippen molar-refractivity contribution in [2.75, 3.05) is 0 Å². The van der Waals surface area contributed by atoms with E-state index in [1.54, 1.807) is 19.1 Å². The molecule has 1 aromatic carbocycles. The zero-order chi connectivity index (χ0) is 10.9. The zero-order valence-electron chi connectivity index (χ0n) is 7.17. The molecule has 0 aromatic heterocycles. The Kier molecular flexibility index (Phi) is 4.67. The van der Waals surface area contributed by atoms with Crippen molar-refractivity contribution in [2.24, 2.45) is 0 Å². The second-order valence-corrected chi connectivity index (χ2v) is 12.2. The maximum atomic E-state index is 11.8. The van der Waals surface area contributed by atoms with E-state index in [0.29, 0.717) is 4.90 Å². The molecule has 0 spiro atoms. The van der Waals surface area contributed by atoms with Gasteiger partial charge in [-0.05, 0) is 30.7 Å². The van der Waals surface area contributed by atoms with Crippen molar-refractivity contribution < 1.29 is 8.42 Å². The average molecular weight is 501 g/mol. The molecule has 78 valence electrons. The lowest BCUT2D eigenvalue weighted by Gasteiger charge is -2.08. The molecule has 0 bridgehead atoms. The monoisotopic (exact) mass is 500 g/mol. The SMILES string of the molecule is Cc1cc(Br)ccc1S(=O)(=O)C(I)I. The summed E-state index contributed by atoms with van der Waals surface area (Å²) in [6.07, 6.45) is 0. The van der Waals surface area contributed by atoms with E-state index >= 15 is 0 Å². The smallest absolute Gasteiger partial charge is 0.199 e. The molecule has 0 fully saturated rings. The van der Waals surface area contributed by atoms with Crippen LogP contribution in [0, 0.1) is 6.92 Å². The lowest BCUT2D eigenvalue weighted by atomic mass is 10.2. The van der Waals surface area contributed by atoms with Gasteiger partial charge < -0.3 is 0 Å². The first-order valence-electron chi connectivity index (χ1n) is 3.64. The van der Waals surface area contributed by atoms with Crippen molar-refractivity contribution in [1.82, 2.24) is 0 Å². The molecule has 2 nitrogen and oxygen atoms in total. The zero-order valence-corrected chi connectivity index (χ0v) is 13.9. The van der Waals surface area contributed by atoms with Crippen molar-refractivity contribution in [1.29, 1.82) is 0 Å². The highest BCUT2D eigenvalue weighted by Crippen LogP contribution is 2.29. The standard InChI is InChI=1S/C8H7BrI2O2S/c1-5-4-6(9)2-3-7(5)14(12,13)8(10)11/h2-4,8H,1H3. The van der Waals surface area contributed by atoms with E-state index in [9.17, 15) is 8.42 Å². The van der Waals surface area contributed by atoms with Crippen LogP contribution in [-0.2, 0) is 9.84 Å². The molecule has 0 saturated carbocycles. The minimum atomic E-state index is -3.17. The van der Waals surface area contributed by atoms with Crippen LogP contribution >= 0.6 is 61.1 Å². The predicted molar refractivity (Wildman–Crippen MR) is 77.9 cm³/mol. The summed E-state index contributed by atoms with van der Waals surface area (Å²) in [4.78, 5) is 0.412. The molecule has 0 unspecified atom stereocenters. The summed E-state index contributed by atoms with van der Waals surface area (Å²) in [5.41, 5.74) is 0.776.